The van der Waals surface area contributed by atoms with Crippen LogP contribution in [-0.4, -0.2) is 21.3 Å². The van der Waals surface area contributed by atoms with Gasteiger partial charge in [0.1, 0.15) is 17.9 Å². The maximum atomic E-state index is 5.48. The number of furan rings is 1. The molecule has 2 aromatic heterocycles. The number of aromatic nitrogens is 3. The van der Waals surface area contributed by atoms with Crippen LogP contribution in [0.25, 0.3) is 0 Å². The van der Waals surface area contributed by atoms with Crippen LogP contribution in [0.2, 0.25) is 0 Å². The molecule has 2 heterocycles. The smallest absolute Gasteiger partial charge is 0.138 e. The Morgan fingerprint density at radius 3 is 2.89 bits per heavy atom. The van der Waals surface area contributed by atoms with Crippen molar-refractivity contribution in [2.24, 2.45) is 0 Å². The molecule has 2 aromatic rings. The minimum absolute atomic E-state index is 0.145. The fourth-order valence-corrected chi connectivity index (χ4v) is 2.04. The molecule has 0 amide bonds. The van der Waals surface area contributed by atoms with Crippen LogP contribution in [0.15, 0.2) is 29.1 Å². The van der Waals surface area contributed by atoms with Gasteiger partial charge in [0.15, 0.2) is 0 Å². The van der Waals surface area contributed by atoms with Crippen LogP contribution in [0, 0.1) is 0 Å². The van der Waals surface area contributed by atoms with Gasteiger partial charge in [-0.2, -0.15) is 5.10 Å². The highest BCUT2D eigenvalue weighted by Gasteiger charge is 2.18. The van der Waals surface area contributed by atoms with Crippen molar-refractivity contribution in [2.75, 3.05) is 6.54 Å². The molecule has 98 valence electrons. The maximum Gasteiger partial charge on any atom is 0.138 e. The van der Waals surface area contributed by atoms with Crippen molar-refractivity contribution in [3.8, 4) is 0 Å². The van der Waals surface area contributed by atoms with Crippen molar-refractivity contribution in [1.29, 1.82) is 0 Å². The van der Waals surface area contributed by atoms with E-state index in [1.807, 2.05) is 16.8 Å². The molecular weight excluding hydrogens is 228 g/mol. The van der Waals surface area contributed by atoms with E-state index < -0.39 is 0 Å². The molecule has 0 aliphatic carbocycles. The first-order valence-corrected chi connectivity index (χ1v) is 6.37. The largest absolute Gasteiger partial charge is 0.468 e. The van der Waals surface area contributed by atoms with E-state index >= 15 is 0 Å². The Kier molecular flexibility index (Phi) is 4.15. The Labute approximate surface area is 107 Å². The average molecular weight is 248 g/mol. The van der Waals surface area contributed by atoms with Gasteiger partial charge in [-0.3, -0.25) is 0 Å². The first kappa shape index (κ1) is 12.8. The number of hydrogen-bond acceptors (Lipinski definition) is 4. The van der Waals surface area contributed by atoms with E-state index in [4.69, 9.17) is 4.42 Å². The van der Waals surface area contributed by atoms with Crippen LogP contribution >= 0.6 is 0 Å². The van der Waals surface area contributed by atoms with Gasteiger partial charge < -0.3 is 9.73 Å². The normalized spacial score (nSPS) is 13.1. The highest BCUT2D eigenvalue weighted by atomic mass is 16.3. The molecule has 1 unspecified atom stereocenters. The lowest BCUT2D eigenvalue weighted by molar-refractivity contribution is 0.399. The number of hydrogen-bond donors (Lipinski definition) is 1. The number of nitrogens with zero attached hydrogens (tertiary/aromatic N) is 3. The number of rotatable bonds is 6. The highest BCUT2D eigenvalue weighted by molar-refractivity contribution is 5.07. The first-order valence-electron chi connectivity index (χ1n) is 6.37. The summed E-state index contributed by atoms with van der Waals surface area (Å²) in [5, 5.41) is 7.67. The van der Waals surface area contributed by atoms with Gasteiger partial charge in [0, 0.05) is 12.5 Å². The molecule has 0 aromatic carbocycles. The van der Waals surface area contributed by atoms with Crippen LogP contribution in [-0.2, 0) is 6.42 Å². The summed E-state index contributed by atoms with van der Waals surface area (Å²) in [7, 11) is 0. The van der Waals surface area contributed by atoms with Crippen molar-refractivity contribution in [2.45, 2.75) is 39.3 Å². The third kappa shape index (κ3) is 2.79. The van der Waals surface area contributed by atoms with Crippen LogP contribution in [0.5, 0.6) is 0 Å². The summed E-state index contributed by atoms with van der Waals surface area (Å²) in [6.07, 6.45) is 4.09. The quantitative estimate of drug-likeness (QED) is 0.852. The van der Waals surface area contributed by atoms with Gasteiger partial charge in [-0.1, -0.05) is 6.92 Å². The lowest BCUT2D eigenvalue weighted by Crippen LogP contribution is -2.24. The van der Waals surface area contributed by atoms with E-state index in [0.29, 0.717) is 6.04 Å². The summed E-state index contributed by atoms with van der Waals surface area (Å²) >= 11 is 0. The Morgan fingerprint density at radius 2 is 2.28 bits per heavy atom. The Hall–Kier alpha value is -1.62. The zero-order valence-corrected chi connectivity index (χ0v) is 11.1. The SMILES string of the molecule is CCNC(Cc1ncnn1C(C)C)c1ccco1. The second-order valence-electron chi connectivity index (χ2n) is 4.54. The molecule has 0 spiro atoms. The molecule has 0 aliphatic rings. The molecule has 18 heavy (non-hydrogen) atoms. The summed E-state index contributed by atoms with van der Waals surface area (Å²) in [5.41, 5.74) is 0. The van der Waals surface area contributed by atoms with E-state index in [9.17, 15) is 0 Å². The van der Waals surface area contributed by atoms with Gasteiger partial charge in [-0.25, -0.2) is 9.67 Å². The standard InChI is InChI=1S/C13H20N4O/c1-4-14-11(12-6-5-7-18-12)8-13-15-9-16-17(13)10(2)3/h5-7,9-11,14H,4,8H2,1-3H3. The topological polar surface area (TPSA) is 55.9 Å². The van der Waals surface area contributed by atoms with Crippen molar-refractivity contribution in [1.82, 2.24) is 20.1 Å². The number of likely N-dealkylation sites (N-methyl/N-ethyl adjacent to an activating group) is 1. The second kappa shape index (κ2) is 5.82. The zero-order chi connectivity index (χ0) is 13.0. The summed E-state index contributed by atoms with van der Waals surface area (Å²) in [6, 6.07) is 4.36. The molecule has 5 heteroatoms. The second-order valence-corrected chi connectivity index (χ2v) is 4.54. The molecule has 0 radical (unpaired) electrons. The molecule has 0 saturated carbocycles. The predicted molar refractivity (Wildman–Crippen MR) is 69.2 cm³/mol. The lowest BCUT2D eigenvalue weighted by atomic mass is 10.1. The van der Waals surface area contributed by atoms with Gasteiger partial charge in [0.05, 0.1) is 12.3 Å². The molecule has 5 nitrogen and oxygen atoms in total. The minimum Gasteiger partial charge on any atom is -0.468 e. The first-order chi connectivity index (χ1) is 8.72. The van der Waals surface area contributed by atoms with E-state index in [-0.39, 0.29) is 6.04 Å². The highest BCUT2D eigenvalue weighted by Crippen LogP contribution is 2.19. The average Bonchev–Trinajstić information content (AvgIpc) is 2.99. The van der Waals surface area contributed by atoms with Gasteiger partial charge in [0.25, 0.3) is 0 Å². The Bertz CT molecular complexity index is 461. The van der Waals surface area contributed by atoms with E-state index in [0.717, 1.165) is 24.6 Å². The lowest BCUT2D eigenvalue weighted by Gasteiger charge is -2.16. The van der Waals surface area contributed by atoms with Gasteiger partial charge >= 0.3 is 0 Å². The van der Waals surface area contributed by atoms with Crippen LogP contribution in [0.3, 0.4) is 0 Å². The monoisotopic (exact) mass is 248 g/mol. The summed E-state index contributed by atoms with van der Waals surface area (Å²) in [4.78, 5) is 4.34. The molecular formula is C13H20N4O. The van der Waals surface area contributed by atoms with Crippen molar-refractivity contribution in [3.63, 3.8) is 0 Å². The van der Waals surface area contributed by atoms with Crippen molar-refractivity contribution in [3.05, 3.63) is 36.3 Å². The van der Waals surface area contributed by atoms with E-state index in [2.05, 4.69) is 36.2 Å². The molecule has 2 rings (SSSR count). The molecule has 1 N–H and O–H groups in total. The fraction of sp³-hybridized carbons (Fsp3) is 0.538. The predicted octanol–water partition coefficient (Wildman–Crippen LogP) is 2.35. The van der Waals surface area contributed by atoms with Crippen LogP contribution in [0.4, 0.5) is 0 Å². The van der Waals surface area contributed by atoms with E-state index in [1.165, 1.54) is 0 Å². The van der Waals surface area contributed by atoms with Crippen LogP contribution < -0.4 is 5.32 Å². The third-order valence-electron chi connectivity index (χ3n) is 2.86. The summed E-state index contributed by atoms with van der Waals surface area (Å²) < 4.78 is 7.43. The minimum atomic E-state index is 0.145. The van der Waals surface area contributed by atoms with Gasteiger partial charge in [0.2, 0.25) is 0 Å². The van der Waals surface area contributed by atoms with Gasteiger partial charge in [-0.05, 0) is 32.5 Å². The van der Waals surface area contributed by atoms with E-state index in [1.54, 1.807) is 12.6 Å². The zero-order valence-electron chi connectivity index (χ0n) is 11.1. The fourth-order valence-electron chi connectivity index (χ4n) is 2.04. The molecule has 0 saturated heterocycles. The van der Waals surface area contributed by atoms with Crippen molar-refractivity contribution < 1.29 is 4.42 Å². The summed E-state index contributed by atoms with van der Waals surface area (Å²) in [6.45, 7) is 7.19. The maximum absolute atomic E-state index is 5.48. The number of nitrogens with one attached hydrogen (secondary N) is 1. The summed E-state index contributed by atoms with van der Waals surface area (Å²) in [5.74, 6) is 1.92. The van der Waals surface area contributed by atoms with Gasteiger partial charge in [-0.15, -0.1) is 0 Å². The van der Waals surface area contributed by atoms with Crippen LogP contribution in [0.1, 0.15) is 44.4 Å². The molecule has 0 aliphatic heterocycles. The molecule has 0 fully saturated rings. The molecule has 1 atom stereocenters. The third-order valence-corrected chi connectivity index (χ3v) is 2.86. The Morgan fingerprint density at radius 1 is 1.44 bits per heavy atom. The molecule has 0 bridgehead atoms. The van der Waals surface area contributed by atoms with Crippen molar-refractivity contribution >= 4 is 0 Å². The Balaban J connectivity index is 2.16.